The van der Waals surface area contributed by atoms with Gasteiger partial charge in [0, 0.05) is 36.3 Å². The van der Waals surface area contributed by atoms with E-state index in [0.717, 1.165) is 12.8 Å². The molecule has 0 aliphatic carbocycles. The maximum Gasteiger partial charge on any atom is 0.312 e. The van der Waals surface area contributed by atoms with Crippen molar-refractivity contribution in [1.82, 2.24) is 9.88 Å². The monoisotopic (exact) mass is 419 g/mol. The number of amides is 2. The van der Waals surface area contributed by atoms with E-state index in [1.54, 1.807) is 33.4 Å². The highest BCUT2D eigenvalue weighted by Crippen LogP contribution is 2.26. The van der Waals surface area contributed by atoms with E-state index in [1.807, 2.05) is 11.4 Å². The Balaban J connectivity index is 1.30. The summed E-state index contributed by atoms with van der Waals surface area (Å²) in [5.74, 6) is -0.594. The molecule has 0 spiro atoms. The van der Waals surface area contributed by atoms with E-state index in [2.05, 4.69) is 4.98 Å². The van der Waals surface area contributed by atoms with Crippen molar-refractivity contribution < 1.29 is 19.1 Å². The van der Waals surface area contributed by atoms with Gasteiger partial charge in [-0.25, -0.2) is 4.98 Å². The molecule has 2 aromatic rings. The number of ether oxygens (including phenoxy) is 1. The van der Waals surface area contributed by atoms with Crippen molar-refractivity contribution in [3.8, 4) is 0 Å². The zero-order valence-corrected chi connectivity index (χ0v) is 17.2. The van der Waals surface area contributed by atoms with Gasteiger partial charge in [-0.15, -0.1) is 22.7 Å². The van der Waals surface area contributed by atoms with E-state index in [0.29, 0.717) is 36.9 Å². The molecule has 28 heavy (non-hydrogen) atoms. The highest BCUT2D eigenvalue weighted by atomic mass is 32.1. The molecule has 4 heterocycles. The van der Waals surface area contributed by atoms with E-state index in [1.165, 1.54) is 21.8 Å². The van der Waals surface area contributed by atoms with E-state index < -0.39 is 12.1 Å². The van der Waals surface area contributed by atoms with Gasteiger partial charge in [-0.1, -0.05) is 0 Å². The second-order valence-corrected chi connectivity index (χ2v) is 8.80. The van der Waals surface area contributed by atoms with Crippen molar-refractivity contribution in [1.29, 1.82) is 0 Å². The number of fused-ring (bicyclic) bond motifs is 1. The standard InChI is InChI=1S/C19H21N3O4S2/c1-12(18(25)21-7-4-15-13(10-21)5-8-27-15)26-17(24)9-14-11-28-19(20-14)22-6-2-3-16(22)23/h5,8,11-12H,2-4,6-7,9-10H2,1H3. The molecule has 0 aromatic carbocycles. The van der Waals surface area contributed by atoms with Crippen LogP contribution in [0.25, 0.3) is 0 Å². The van der Waals surface area contributed by atoms with Crippen LogP contribution in [-0.2, 0) is 38.5 Å². The van der Waals surface area contributed by atoms with Crippen molar-refractivity contribution in [2.45, 2.75) is 45.3 Å². The third-order valence-electron chi connectivity index (χ3n) is 4.94. The summed E-state index contributed by atoms with van der Waals surface area (Å²) in [4.78, 5) is 45.8. The van der Waals surface area contributed by atoms with Crippen molar-refractivity contribution >= 4 is 45.6 Å². The lowest BCUT2D eigenvalue weighted by molar-refractivity contribution is -0.159. The second kappa shape index (κ2) is 8.00. The average Bonchev–Trinajstić information content (AvgIpc) is 3.40. The molecule has 0 bridgehead atoms. The minimum atomic E-state index is -0.828. The lowest BCUT2D eigenvalue weighted by Gasteiger charge is -2.29. The van der Waals surface area contributed by atoms with E-state index in [4.69, 9.17) is 4.74 Å². The zero-order chi connectivity index (χ0) is 19.7. The van der Waals surface area contributed by atoms with Crippen LogP contribution in [-0.4, -0.2) is 46.9 Å². The molecule has 2 aliphatic heterocycles. The van der Waals surface area contributed by atoms with Crippen LogP contribution >= 0.6 is 22.7 Å². The first-order valence-electron chi connectivity index (χ1n) is 9.29. The first kappa shape index (κ1) is 19.1. The number of rotatable bonds is 5. The summed E-state index contributed by atoms with van der Waals surface area (Å²) in [5.41, 5.74) is 1.74. The maximum absolute atomic E-state index is 12.6. The molecule has 2 aromatic heterocycles. The van der Waals surface area contributed by atoms with Crippen LogP contribution in [0.2, 0.25) is 0 Å². The number of anilines is 1. The normalized spacial score (nSPS) is 17.5. The first-order valence-corrected chi connectivity index (χ1v) is 11.1. The molecule has 2 aliphatic rings. The third kappa shape index (κ3) is 3.95. The molecular formula is C19H21N3O4S2. The van der Waals surface area contributed by atoms with Gasteiger partial charge in [-0.2, -0.15) is 0 Å². The summed E-state index contributed by atoms with van der Waals surface area (Å²) in [6.07, 6.45) is 1.38. The Morgan fingerprint density at radius 2 is 2.14 bits per heavy atom. The largest absolute Gasteiger partial charge is 0.452 e. The summed E-state index contributed by atoms with van der Waals surface area (Å²) >= 11 is 3.06. The fourth-order valence-electron chi connectivity index (χ4n) is 3.48. The third-order valence-corrected chi connectivity index (χ3v) is 6.88. The van der Waals surface area contributed by atoms with E-state index in [9.17, 15) is 14.4 Å². The Hall–Kier alpha value is -2.26. The number of hydrogen-bond donors (Lipinski definition) is 0. The van der Waals surface area contributed by atoms with Crippen molar-refractivity contribution in [2.24, 2.45) is 0 Å². The van der Waals surface area contributed by atoms with Gasteiger partial charge in [-0.05, 0) is 36.8 Å². The SMILES string of the molecule is CC(OC(=O)Cc1csc(N2CCCC2=O)n1)C(=O)N1CCc2sccc2C1. The van der Waals surface area contributed by atoms with Crippen LogP contribution < -0.4 is 4.90 Å². The highest BCUT2D eigenvalue weighted by molar-refractivity contribution is 7.14. The Morgan fingerprint density at radius 3 is 2.93 bits per heavy atom. The van der Waals surface area contributed by atoms with Gasteiger partial charge in [0.2, 0.25) is 5.91 Å². The summed E-state index contributed by atoms with van der Waals surface area (Å²) in [6.45, 7) is 3.49. The zero-order valence-electron chi connectivity index (χ0n) is 15.6. The quantitative estimate of drug-likeness (QED) is 0.696. The predicted octanol–water partition coefficient (Wildman–Crippen LogP) is 2.39. The van der Waals surface area contributed by atoms with Gasteiger partial charge in [0.25, 0.3) is 5.91 Å². The summed E-state index contributed by atoms with van der Waals surface area (Å²) in [5, 5.41) is 4.42. The number of nitrogens with zero attached hydrogens (tertiary/aromatic N) is 3. The van der Waals surface area contributed by atoms with Gasteiger partial charge in [0.05, 0.1) is 12.1 Å². The van der Waals surface area contributed by atoms with Crippen LogP contribution in [0.15, 0.2) is 16.8 Å². The number of carbonyl (C=O) groups is 3. The average molecular weight is 420 g/mol. The number of thiophene rings is 1. The Morgan fingerprint density at radius 1 is 1.29 bits per heavy atom. The Kier molecular flexibility index (Phi) is 5.45. The minimum absolute atomic E-state index is 0.00910. The minimum Gasteiger partial charge on any atom is -0.452 e. The highest BCUT2D eigenvalue weighted by Gasteiger charge is 2.28. The van der Waals surface area contributed by atoms with Gasteiger partial charge < -0.3 is 9.64 Å². The van der Waals surface area contributed by atoms with Crippen molar-refractivity contribution in [2.75, 3.05) is 18.0 Å². The predicted molar refractivity (Wildman–Crippen MR) is 106 cm³/mol. The second-order valence-electron chi connectivity index (χ2n) is 6.96. The maximum atomic E-state index is 12.6. The fourth-order valence-corrected chi connectivity index (χ4v) is 5.24. The molecule has 0 saturated carbocycles. The Labute approximate surface area is 170 Å². The van der Waals surface area contributed by atoms with Crippen molar-refractivity contribution in [3.63, 3.8) is 0 Å². The fraction of sp³-hybridized carbons (Fsp3) is 0.474. The van der Waals surface area contributed by atoms with E-state index >= 15 is 0 Å². The molecule has 4 rings (SSSR count). The number of aromatic nitrogens is 1. The molecule has 148 valence electrons. The van der Waals surface area contributed by atoms with Crippen LogP contribution in [0.4, 0.5) is 5.13 Å². The molecule has 0 N–H and O–H groups in total. The molecule has 0 radical (unpaired) electrons. The van der Waals surface area contributed by atoms with Gasteiger partial charge >= 0.3 is 5.97 Å². The topological polar surface area (TPSA) is 79.8 Å². The van der Waals surface area contributed by atoms with Crippen molar-refractivity contribution in [3.05, 3.63) is 33.0 Å². The molecule has 2 amide bonds. The van der Waals surface area contributed by atoms with Crippen LogP contribution in [0.1, 0.15) is 35.9 Å². The van der Waals surface area contributed by atoms with Gasteiger partial charge in [0.1, 0.15) is 0 Å². The number of carbonyl (C=O) groups excluding carboxylic acids is 3. The number of esters is 1. The molecule has 9 heteroatoms. The molecule has 1 atom stereocenters. The van der Waals surface area contributed by atoms with Crippen LogP contribution in [0, 0.1) is 0 Å². The molecule has 1 saturated heterocycles. The summed E-state index contributed by atoms with van der Waals surface area (Å²) in [7, 11) is 0. The van der Waals surface area contributed by atoms with Crippen LogP contribution in [0.3, 0.4) is 0 Å². The van der Waals surface area contributed by atoms with Gasteiger partial charge in [0.15, 0.2) is 11.2 Å². The van der Waals surface area contributed by atoms with Gasteiger partial charge in [-0.3, -0.25) is 19.3 Å². The van der Waals surface area contributed by atoms with Crippen LogP contribution in [0.5, 0.6) is 0 Å². The summed E-state index contributed by atoms with van der Waals surface area (Å²) < 4.78 is 5.35. The molecule has 1 fully saturated rings. The molecule has 1 unspecified atom stereocenters. The smallest absolute Gasteiger partial charge is 0.312 e. The Bertz CT molecular complexity index is 907. The summed E-state index contributed by atoms with van der Waals surface area (Å²) in [6, 6.07) is 2.04. The molecule has 7 nitrogen and oxygen atoms in total. The number of hydrogen-bond acceptors (Lipinski definition) is 7. The molecular weight excluding hydrogens is 398 g/mol. The first-order chi connectivity index (χ1) is 13.5. The van der Waals surface area contributed by atoms with E-state index in [-0.39, 0.29) is 18.2 Å². The lowest BCUT2D eigenvalue weighted by atomic mass is 10.1. The lowest BCUT2D eigenvalue weighted by Crippen LogP contribution is -2.42. The number of thiazole rings is 1.